The van der Waals surface area contributed by atoms with E-state index in [-0.39, 0.29) is 18.2 Å². The van der Waals surface area contributed by atoms with Crippen LogP contribution in [-0.2, 0) is 4.79 Å². The van der Waals surface area contributed by atoms with Gasteiger partial charge in [0.05, 0.1) is 0 Å². The summed E-state index contributed by atoms with van der Waals surface area (Å²) < 4.78 is 0.968. The minimum atomic E-state index is -0.758. The van der Waals surface area contributed by atoms with Gasteiger partial charge in [0.15, 0.2) is 0 Å². The van der Waals surface area contributed by atoms with Gasteiger partial charge in [0.2, 0.25) is 0 Å². The number of carboxylic acids is 1. The van der Waals surface area contributed by atoms with E-state index in [2.05, 4.69) is 20.9 Å². The smallest absolute Gasteiger partial charge is 0.303 e. The normalized spacial score (nSPS) is 16.1. The molecular formula is C16H17BrN2O3. The number of fused-ring (bicyclic) bond motifs is 1. The summed E-state index contributed by atoms with van der Waals surface area (Å²) in [6.45, 7) is 1.24. The van der Waals surface area contributed by atoms with Gasteiger partial charge in [-0.15, -0.1) is 0 Å². The molecule has 1 amide bonds. The molecule has 1 aliphatic rings. The van der Waals surface area contributed by atoms with E-state index in [0.717, 1.165) is 28.2 Å². The highest BCUT2D eigenvalue weighted by Gasteiger charge is 2.25. The molecule has 0 radical (unpaired) electrons. The number of piperidine rings is 1. The molecule has 3 rings (SSSR count). The number of aromatic amines is 1. The third kappa shape index (κ3) is 3.16. The Hall–Kier alpha value is -1.82. The topological polar surface area (TPSA) is 73.4 Å². The minimum absolute atomic E-state index is 0.0129. The molecule has 22 heavy (non-hydrogen) atoms. The van der Waals surface area contributed by atoms with Crippen LogP contribution in [0.4, 0.5) is 0 Å². The Morgan fingerprint density at radius 2 is 2.00 bits per heavy atom. The van der Waals surface area contributed by atoms with Crippen molar-refractivity contribution in [1.82, 2.24) is 9.88 Å². The lowest BCUT2D eigenvalue weighted by molar-refractivity contribution is -0.138. The number of carbonyl (C=O) groups is 2. The lowest BCUT2D eigenvalue weighted by Gasteiger charge is -2.31. The number of nitrogens with zero attached hydrogens (tertiary/aromatic N) is 1. The lowest BCUT2D eigenvalue weighted by Crippen LogP contribution is -2.39. The molecule has 2 aromatic rings. The van der Waals surface area contributed by atoms with Gasteiger partial charge in [0.25, 0.3) is 5.91 Å². The van der Waals surface area contributed by atoms with Crippen LogP contribution in [0.2, 0.25) is 0 Å². The molecule has 116 valence electrons. The molecule has 6 heteroatoms. The molecular weight excluding hydrogens is 348 g/mol. The Labute approximate surface area is 136 Å². The van der Waals surface area contributed by atoms with Crippen molar-refractivity contribution in [3.05, 3.63) is 34.4 Å². The summed E-state index contributed by atoms with van der Waals surface area (Å²) in [5.41, 5.74) is 1.52. The Bertz CT molecular complexity index is 717. The molecule has 2 N–H and O–H groups in total. The number of aliphatic carboxylic acids is 1. The van der Waals surface area contributed by atoms with Gasteiger partial charge in [0.1, 0.15) is 5.69 Å². The molecule has 0 spiro atoms. The second-order valence-electron chi connectivity index (χ2n) is 5.75. The van der Waals surface area contributed by atoms with Gasteiger partial charge < -0.3 is 15.0 Å². The lowest BCUT2D eigenvalue weighted by atomic mass is 9.93. The largest absolute Gasteiger partial charge is 0.481 e. The molecule has 1 fully saturated rings. The predicted octanol–water partition coefficient (Wildman–Crippen LogP) is 3.26. The average molecular weight is 365 g/mol. The van der Waals surface area contributed by atoms with Gasteiger partial charge >= 0.3 is 5.97 Å². The SMILES string of the molecule is O=C(O)CC1CCN(C(=O)c2cc3ccc(Br)cc3[nH]2)CC1. The van der Waals surface area contributed by atoms with Crippen LogP contribution in [0.5, 0.6) is 0 Å². The van der Waals surface area contributed by atoms with Crippen LogP contribution in [0.3, 0.4) is 0 Å². The van der Waals surface area contributed by atoms with E-state index >= 15 is 0 Å². The van der Waals surface area contributed by atoms with Crippen molar-refractivity contribution < 1.29 is 14.7 Å². The summed E-state index contributed by atoms with van der Waals surface area (Å²) in [5.74, 6) is -0.590. The van der Waals surface area contributed by atoms with Gasteiger partial charge in [-0.25, -0.2) is 0 Å². The maximum absolute atomic E-state index is 12.5. The number of H-pyrrole nitrogens is 1. The van der Waals surface area contributed by atoms with E-state index in [4.69, 9.17) is 5.11 Å². The van der Waals surface area contributed by atoms with Crippen molar-refractivity contribution in [2.45, 2.75) is 19.3 Å². The standard InChI is InChI=1S/C16H17BrN2O3/c17-12-2-1-11-8-14(18-13(11)9-12)16(22)19-5-3-10(4-6-19)7-15(20)21/h1-2,8-10,18H,3-7H2,(H,20,21). The van der Waals surface area contributed by atoms with Crippen molar-refractivity contribution in [2.24, 2.45) is 5.92 Å². The predicted molar refractivity (Wildman–Crippen MR) is 86.9 cm³/mol. The highest BCUT2D eigenvalue weighted by molar-refractivity contribution is 9.10. The Kier molecular flexibility index (Phi) is 4.20. The van der Waals surface area contributed by atoms with E-state index in [0.29, 0.717) is 18.8 Å². The first-order valence-corrected chi connectivity index (χ1v) is 8.11. The highest BCUT2D eigenvalue weighted by Crippen LogP contribution is 2.24. The Balaban J connectivity index is 1.69. The van der Waals surface area contributed by atoms with Crippen LogP contribution in [0.1, 0.15) is 29.8 Å². The zero-order valence-electron chi connectivity index (χ0n) is 12.0. The number of amides is 1. The summed E-state index contributed by atoms with van der Waals surface area (Å²) >= 11 is 3.42. The summed E-state index contributed by atoms with van der Waals surface area (Å²) in [4.78, 5) is 28.3. The molecule has 0 bridgehead atoms. The van der Waals surface area contributed by atoms with Gasteiger partial charge in [-0.2, -0.15) is 0 Å². The Morgan fingerprint density at radius 3 is 2.68 bits per heavy atom. The molecule has 0 unspecified atom stereocenters. The number of hydrogen-bond donors (Lipinski definition) is 2. The molecule has 2 heterocycles. The van der Waals surface area contributed by atoms with E-state index in [1.54, 1.807) is 4.90 Å². The van der Waals surface area contributed by atoms with Crippen LogP contribution in [0.15, 0.2) is 28.7 Å². The van der Waals surface area contributed by atoms with E-state index in [1.807, 2.05) is 24.3 Å². The van der Waals surface area contributed by atoms with Crippen LogP contribution in [-0.4, -0.2) is 40.0 Å². The summed E-state index contributed by atoms with van der Waals surface area (Å²) in [6.07, 6.45) is 1.70. The number of carbonyl (C=O) groups excluding carboxylic acids is 1. The number of likely N-dealkylation sites (tertiary alicyclic amines) is 1. The van der Waals surface area contributed by atoms with Crippen molar-refractivity contribution in [1.29, 1.82) is 0 Å². The van der Waals surface area contributed by atoms with Crippen LogP contribution in [0.25, 0.3) is 10.9 Å². The van der Waals surface area contributed by atoms with Gasteiger partial charge in [-0.05, 0) is 37.0 Å². The third-order valence-electron chi connectivity index (χ3n) is 4.18. The van der Waals surface area contributed by atoms with Crippen LogP contribution in [0, 0.1) is 5.92 Å². The maximum Gasteiger partial charge on any atom is 0.303 e. The highest BCUT2D eigenvalue weighted by atomic mass is 79.9. The molecule has 5 nitrogen and oxygen atoms in total. The molecule has 0 saturated carbocycles. The third-order valence-corrected chi connectivity index (χ3v) is 4.67. The Morgan fingerprint density at radius 1 is 1.27 bits per heavy atom. The summed E-state index contributed by atoms with van der Waals surface area (Å²) in [6, 6.07) is 7.73. The maximum atomic E-state index is 12.5. The zero-order chi connectivity index (χ0) is 15.7. The average Bonchev–Trinajstić information content (AvgIpc) is 2.89. The zero-order valence-corrected chi connectivity index (χ0v) is 13.6. The fraction of sp³-hybridized carbons (Fsp3) is 0.375. The minimum Gasteiger partial charge on any atom is -0.481 e. The van der Waals surface area contributed by atoms with Crippen molar-refractivity contribution in [2.75, 3.05) is 13.1 Å². The fourth-order valence-electron chi connectivity index (χ4n) is 2.97. The van der Waals surface area contributed by atoms with Crippen LogP contribution >= 0.6 is 15.9 Å². The van der Waals surface area contributed by atoms with Gasteiger partial charge in [-0.3, -0.25) is 9.59 Å². The molecule has 1 aromatic carbocycles. The number of benzene rings is 1. The van der Waals surface area contributed by atoms with E-state index < -0.39 is 5.97 Å². The molecule has 0 atom stereocenters. The van der Waals surface area contributed by atoms with E-state index in [1.165, 1.54) is 0 Å². The fourth-order valence-corrected chi connectivity index (χ4v) is 3.33. The van der Waals surface area contributed by atoms with Crippen LogP contribution < -0.4 is 0 Å². The molecule has 1 saturated heterocycles. The second-order valence-corrected chi connectivity index (χ2v) is 6.66. The van der Waals surface area contributed by atoms with E-state index in [9.17, 15) is 9.59 Å². The van der Waals surface area contributed by atoms with Crippen molar-refractivity contribution >= 4 is 38.7 Å². The first kappa shape index (κ1) is 15.1. The number of halogens is 1. The molecule has 0 aliphatic carbocycles. The molecule has 1 aromatic heterocycles. The number of aromatic nitrogens is 1. The second kappa shape index (κ2) is 6.12. The molecule has 1 aliphatic heterocycles. The monoisotopic (exact) mass is 364 g/mol. The van der Waals surface area contributed by atoms with Gasteiger partial charge in [-0.1, -0.05) is 22.0 Å². The number of nitrogens with one attached hydrogen (secondary N) is 1. The summed E-state index contributed by atoms with van der Waals surface area (Å²) in [5, 5.41) is 9.84. The van der Waals surface area contributed by atoms with Crippen molar-refractivity contribution in [3.8, 4) is 0 Å². The number of carboxylic acid groups (broad SMARTS) is 1. The number of rotatable bonds is 3. The first-order valence-electron chi connectivity index (χ1n) is 7.32. The quantitative estimate of drug-likeness (QED) is 0.877. The first-order chi connectivity index (χ1) is 10.5. The summed E-state index contributed by atoms with van der Waals surface area (Å²) in [7, 11) is 0. The van der Waals surface area contributed by atoms with Gasteiger partial charge in [0, 0.05) is 34.9 Å². The number of hydrogen-bond acceptors (Lipinski definition) is 2. The van der Waals surface area contributed by atoms with Crippen molar-refractivity contribution in [3.63, 3.8) is 0 Å².